The third-order valence-corrected chi connectivity index (χ3v) is 3.63. The Kier molecular flexibility index (Phi) is 3.32. The molecule has 1 aliphatic heterocycles. The summed E-state index contributed by atoms with van der Waals surface area (Å²) < 4.78 is 5.45. The number of benzene rings is 2. The lowest BCUT2D eigenvalue weighted by atomic mass is 10.1. The number of carbonyl (C=O) groups excluding carboxylic acids is 1. The van der Waals surface area contributed by atoms with Crippen LogP contribution in [0.15, 0.2) is 36.4 Å². The molecule has 1 atom stereocenters. The number of morpholine rings is 1. The van der Waals surface area contributed by atoms with Gasteiger partial charge in [0, 0.05) is 24.0 Å². The predicted molar refractivity (Wildman–Crippen MR) is 76.9 cm³/mol. The van der Waals surface area contributed by atoms with Gasteiger partial charge in [-0.25, -0.2) is 0 Å². The molecule has 0 aliphatic carbocycles. The van der Waals surface area contributed by atoms with Crippen molar-refractivity contribution >= 4 is 16.7 Å². The summed E-state index contributed by atoms with van der Waals surface area (Å²) >= 11 is 0. The van der Waals surface area contributed by atoms with Gasteiger partial charge in [-0.15, -0.1) is 0 Å². The molecule has 1 unspecified atom stereocenters. The molecule has 0 aromatic heterocycles. The van der Waals surface area contributed by atoms with E-state index >= 15 is 0 Å². The SMILES string of the molecule is CC1CN(C(=O)c2ccc3c(O)cccc3c2)CCO1. The molecule has 20 heavy (non-hydrogen) atoms. The van der Waals surface area contributed by atoms with Crippen LogP contribution in [0.5, 0.6) is 5.75 Å². The first-order valence-electron chi connectivity index (χ1n) is 6.78. The molecule has 1 heterocycles. The van der Waals surface area contributed by atoms with Crippen molar-refractivity contribution in [2.45, 2.75) is 13.0 Å². The molecule has 3 rings (SSSR count). The zero-order valence-electron chi connectivity index (χ0n) is 11.4. The lowest BCUT2D eigenvalue weighted by molar-refractivity contribution is -0.0124. The highest BCUT2D eigenvalue weighted by atomic mass is 16.5. The van der Waals surface area contributed by atoms with E-state index in [0.717, 1.165) is 10.8 Å². The largest absolute Gasteiger partial charge is 0.507 e. The number of fused-ring (bicyclic) bond motifs is 1. The number of rotatable bonds is 1. The van der Waals surface area contributed by atoms with Crippen LogP contribution < -0.4 is 0 Å². The van der Waals surface area contributed by atoms with Gasteiger partial charge in [-0.05, 0) is 36.6 Å². The highest BCUT2D eigenvalue weighted by Crippen LogP contribution is 2.25. The van der Waals surface area contributed by atoms with E-state index in [2.05, 4.69) is 0 Å². The van der Waals surface area contributed by atoms with Crippen molar-refractivity contribution in [3.63, 3.8) is 0 Å². The first-order valence-corrected chi connectivity index (χ1v) is 6.78. The Morgan fingerprint density at radius 1 is 1.35 bits per heavy atom. The number of nitrogens with zero attached hydrogens (tertiary/aromatic N) is 1. The second kappa shape index (κ2) is 5.13. The highest BCUT2D eigenvalue weighted by Gasteiger charge is 2.22. The van der Waals surface area contributed by atoms with Gasteiger partial charge in [-0.2, -0.15) is 0 Å². The van der Waals surface area contributed by atoms with E-state index in [1.54, 1.807) is 24.3 Å². The third kappa shape index (κ3) is 2.34. The normalized spacial score (nSPS) is 19.2. The Labute approximate surface area is 117 Å². The zero-order chi connectivity index (χ0) is 14.1. The Morgan fingerprint density at radius 3 is 3.00 bits per heavy atom. The molecule has 4 nitrogen and oxygen atoms in total. The van der Waals surface area contributed by atoms with Crippen molar-refractivity contribution in [2.75, 3.05) is 19.7 Å². The molecular weight excluding hydrogens is 254 g/mol. The molecule has 2 aromatic carbocycles. The van der Waals surface area contributed by atoms with Crippen LogP contribution >= 0.6 is 0 Å². The Bertz CT molecular complexity index is 653. The van der Waals surface area contributed by atoms with Crippen LogP contribution in [0.3, 0.4) is 0 Å². The molecule has 4 heteroatoms. The van der Waals surface area contributed by atoms with E-state index in [9.17, 15) is 9.90 Å². The van der Waals surface area contributed by atoms with Gasteiger partial charge in [0.25, 0.3) is 5.91 Å². The van der Waals surface area contributed by atoms with E-state index in [1.165, 1.54) is 0 Å². The quantitative estimate of drug-likeness (QED) is 0.866. The van der Waals surface area contributed by atoms with Crippen molar-refractivity contribution in [3.05, 3.63) is 42.0 Å². The monoisotopic (exact) mass is 271 g/mol. The molecule has 0 spiro atoms. The Balaban J connectivity index is 1.92. The number of phenols is 1. The summed E-state index contributed by atoms with van der Waals surface area (Å²) in [5.74, 6) is 0.256. The van der Waals surface area contributed by atoms with Gasteiger partial charge in [-0.3, -0.25) is 4.79 Å². The molecule has 104 valence electrons. The molecule has 1 aliphatic rings. The summed E-state index contributed by atoms with van der Waals surface area (Å²) in [7, 11) is 0. The first kappa shape index (κ1) is 12.9. The molecule has 1 fully saturated rings. The van der Waals surface area contributed by atoms with Crippen LogP contribution in [0.1, 0.15) is 17.3 Å². The average molecular weight is 271 g/mol. The summed E-state index contributed by atoms with van der Waals surface area (Å²) in [6.45, 7) is 3.80. The molecule has 1 amide bonds. The highest BCUT2D eigenvalue weighted by molar-refractivity contribution is 5.99. The number of ether oxygens (including phenoxy) is 1. The minimum Gasteiger partial charge on any atom is -0.507 e. The predicted octanol–water partition coefficient (Wildman–Crippen LogP) is 2.41. The Morgan fingerprint density at radius 2 is 2.20 bits per heavy atom. The zero-order valence-corrected chi connectivity index (χ0v) is 11.4. The molecule has 0 radical (unpaired) electrons. The van der Waals surface area contributed by atoms with Crippen molar-refractivity contribution in [1.82, 2.24) is 4.90 Å². The van der Waals surface area contributed by atoms with Crippen molar-refractivity contribution in [3.8, 4) is 5.75 Å². The van der Waals surface area contributed by atoms with Crippen molar-refractivity contribution in [1.29, 1.82) is 0 Å². The summed E-state index contributed by atoms with van der Waals surface area (Å²) in [5.41, 5.74) is 0.650. The van der Waals surface area contributed by atoms with Gasteiger partial charge >= 0.3 is 0 Å². The number of aromatic hydroxyl groups is 1. The van der Waals surface area contributed by atoms with Gasteiger partial charge in [0.2, 0.25) is 0 Å². The summed E-state index contributed by atoms with van der Waals surface area (Å²) in [6.07, 6.45) is 0.0807. The summed E-state index contributed by atoms with van der Waals surface area (Å²) in [4.78, 5) is 14.3. The van der Waals surface area contributed by atoms with E-state index in [4.69, 9.17) is 4.74 Å². The standard InChI is InChI=1S/C16H17NO3/c1-11-10-17(7-8-20-11)16(19)13-5-6-14-12(9-13)3-2-4-15(14)18/h2-6,9,11,18H,7-8,10H2,1H3. The molecule has 1 N–H and O–H groups in total. The van der Waals surface area contributed by atoms with Gasteiger partial charge in [0.1, 0.15) is 5.75 Å². The maximum atomic E-state index is 12.5. The molecular formula is C16H17NO3. The van der Waals surface area contributed by atoms with Gasteiger partial charge in [0.05, 0.1) is 12.7 Å². The van der Waals surface area contributed by atoms with Gasteiger partial charge < -0.3 is 14.7 Å². The topological polar surface area (TPSA) is 49.8 Å². The maximum absolute atomic E-state index is 12.5. The van der Waals surface area contributed by atoms with Crippen molar-refractivity contribution < 1.29 is 14.6 Å². The van der Waals surface area contributed by atoms with E-state index in [-0.39, 0.29) is 17.8 Å². The van der Waals surface area contributed by atoms with Crippen LogP contribution in [0.4, 0.5) is 0 Å². The Hall–Kier alpha value is -2.07. The molecule has 1 saturated heterocycles. The van der Waals surface area contributed by atoms with Crippen LogP contribution in [0.25, 0.3) is 10.8 Å². The number of phenolic OH excluding ortho intramolecular Hbond substituents is 1. The van der Waals surface area contributed by atoms with Crippen LogP contribution in [-0.4, -0.2) is 41.7 Å². The summed E-state index contributed by atoms with van der Waals surface area (Å²) in [5, 5.41) is 11.4. The molecule has 0 saturated carbocycles. The van der Waals surface area contributed by atoms with Crippen LogP contribution in [0, 0.1) is 0 Å². The number of amides is 1. The fourth-order valence-electron chi connectivity index (χ4n) is 2.59. The van der Waals surface area contributed by atoms with Crippen LogP contribution in [-0.2, 0) is 4.74 Å². The molecule has 2 aromatic rings. The number of hydrogen-bond acceptors (Lipinski definition) is 3. The second-order valence-electron chi connectivity index (χ2n) is 5.15. The summed E-state index contributed by atoms with van der Waals surface area (Å²) in [6, 6.07) is 10.7. The lowest BCUT2D eigenvalue weighted by Gasteiger charge is -2.31. The number of carbonyl (C=O) groups is 1. The van der Waals surface area contributed by atoms with E-state index < -0.39 is 0 Å². The smallest absolute Gasteiger partial charge is 0.254 e. The first-order chi connectivity index (χ1) is 9.65. The minimum absolute atomic E-state index is 0.0189. The average Bonchev–Trinajstić information content (AvgIpc) is 2.46. The van der Waals surface area contributed by atoms with E-state index in [0.29, 0.717) is 25.3 Å². The van der Waals surface area contributed by atoms with Crippen LogP contribution in [0.2, 0.25) is 0 Å². The second-order valence-corrected chi connectivity index (χ2v) is 5.15. The van der Waals surface area contributed by atoms with Crippen molar-refractivity contribution in [2.24, 2.45) is 0 Å². The lowest BCUT2D eigenvalue weighted by Crippen LogP contribution is -2.44. The number of hydrogen-bond donors (Lipinski definition) is 1. The minimum atomic E-state index is 0.0189. The molecule has 0 bridgehead atoms. The van der Waals surface area contributed by atoms with Gasteiger partial charge in [-0.1, -0.05) is 12.1 Å². The fraction of sp³-hybridized carbons (Fsp3) is 0.312. The van der Waals surface area contributed by atoms with E-state index in [1.807, 2.05) is 24.0 Å². The van der Waals surface area contributed by atoms with Gasteiger partial charge in [0.15, 0.2) is 0 Å². The fourth-order valence-corrected chi connectivity index (χ4v) is 2.59. The maximum Gasteiger partial charge on any atom is 0.254 e. The third-order valence-electron chi connectivity index (χ3n) is 3.63.